The molecule has 4 nitrogen and oxygen atoms in total. The van der Waals surface area contributed by atoms with E-state index in [1.165, 1.54) is 6.07 Å². The van der Waals surface area contributed by atoms with Crippen LogP contribution in [-0.2, 0) is 0 Å². The van der Waals surface area contributed by atoms with Gasteiger partial charge in [0.1, 0.15) is 5.82 Å². The van der Waals surface area contributed by atoms with E-state index in [-0.39, 0.29) is 5.02 Å². The van der Waals surface area contributed by atoms with Gasteiger partial charge in [-0.05, 0) is 42.0 Å². The molecule has 24 heavy (non-hydrogen) atoms. The standard InChI is InChI=1S/C18H12ClFN4/c19-15-8-13(2-3-16(15)20)24-18-5-6-21-17-4-1-11(7-14(17)18)12-9-22-23-10-12/h1-10H,(H,21,24)(H,22,23). The molecule has 2 N–H and O–H groups in total. The molecule has 2 heterocycles. The van der Waals surface area contributed by atoms with Crippen LogP contribution in [0.2, 0.25) is 5.02 Å². The number of H-pyrrole nitrogens is 1. The second kappa shape index (κ2) is 5.94. The van der Waals surface area contributed by atoms with E-state index in [1.807, 2.05) is 30.5 Å². The summed E-state index contributed by atoms with van der Waals surface area (Å²) in [5.41, 5.74) is 4.47. The van der Waals surface area contributed by atoms with Crippen LogP contribution in [0.25, 0.3) is 22.0 Å². The average molecular weight is 339 g/mol. The van der Waals surface area contributed by atoms with Crippen molar-refractivity contribution in [2.75, 3.05) is 5.32 Å². The molecule has 0 bridgehead atoms. The topological polar surface area (TPSA) is 53.6 Å². The molecule has 2 aromatic carbocycles. The molecule has 0 fully saturated rings. The van der Waals surface area contributed by atoms with E-state index < -0.39 is 5.82 Å². The van der Waals surface area contributed by atoms with Crippen LogP contribution < -0.4 is 5.32 Å². The van der Waals surface area contributed by atoms with Gasteiger partial charge in [-0.25, -0.2) is 4.39 Å². The highest BCUT2D eigenvalue weighted by Gasteiger charge is 2.07. The van der Waals surface area contributed by atoms with Crippen LogP contribution in [0.15, 0.2) is 61.1 Å². The fourth-order valence-electron chi connectivity index (χ4n) is 2.57. The molecule has 4 rings (SSSR count). The molecule has 0 aliphatic heterocycles. The second-order valence-electron chi connectivity index (χ2n) is 5.33. The van der Waals surface area contributed by atoms with Crippen molar-refractivity contribution in [3.8, 4) is 11.1 Å². The zero-order chi connectivity index (χ0) is 16.5. The quantitative estimate of drug-likeness (QED) is 0.542. The van der Waals surface area contributed by atoms with Crippen LogP contribution in [0, 0.1) is 5.82 Å². The van der Waals surface area contributed by atoms with Crippen LogP contribution in [0.5, 0.6) is 0 Å². The maximum atomic E-state index is 13.3. The number of halogens is 2. The highest BCUT2D eigenvalue weighted by molar-refractivity contribution is 6.31. The summed E-state index contributed by atoms with van der Waals surface area (Å²) < 4.78 is 13.3. The minimum Gasteiger partial charge on any atom is -0.355 e. The van der Waals surface area contributed by atoms with Crippen molar-refractivity contribution < 1.29 is 4.39 Å². The number of aromatic nitrogens is 3. The number of hydrogen-bond acceptors (Lipinski definition) is 3. The zero-order valence-corrected chi connectivity index (χ0v) is 13.2. The third-order valence-corrected chi connectivity index (χ3v) is 4.06. The Morgan fingerprint density at radius 1 is 1.04 bits per heavy atom. The Labute approximate surface area is 142 Å². The van der Waals surface area contributed by atoms with Crippen molar-refractivity contribution in [2.24, 2.45) is 0 Å². The Balaban J connectivity index is 1.79. The maximum Gasteiger partial charge on any atom is 0.141 e. The molecule has 4 aromatic rings. The van der Waals surface area contributed by atoms with E-state index >= 15 is 0 Å². The van der Waals surface area contributed by atoms with Gasteiger partial charge in [-0.1, -0.05) is 17.7 Å². The SMILES string of the molecule is Fc1ccc(Nc2ccnc3ccc(-c4cn[nH]c4)cc23)cc1Cl. The molecule has 0 amide bonds. The first-order valence-electron chi connectivity index (χ1n) is 7.31. The number of aromatic amines is 1. The Kier molecular flexibility index (Phi) is 3.63. The van der Waals surface area contributed by atoms with Gasteiger partial charge in [-0.15, -0.1) is 0 Å². The van der Waals surface area contributed by atoms with E-state index in [2.05, 4.69) is 20.5 Å². The first-order chi connectivity index (χ1) is 11.7. The minimum atomic E-state index is -0.441. The van der Waals surface area contributed by atoms with Crippen LogP contribution in [0.4, 0.5) is 15.8 Å². The number of pyridine rings is 1. The van der Waals surface area contributed by atoms with Crippen LogP contribution in [0.1, 0.15) is 0 Å². The molecule has 0 saturated carbocycles. The maximum absolute atomic E-state index is 13.3. The van der Waals surface area contributed by atoms with Crippen molar-refractivity contribution >= 4 is 33.9 Å². The molecule has 6 heteroatoms. The smallest absolute Gasteiger partial charge is 0.141 e. The van der Waals surface area contributed by atoms with Gasteiger partial charge >= 0.3 is 0 Å². The number of nitrogens with one attached hydrogen (secondary N) is 2. The lowest BCUT2D eigenvalue weighted by Gasteiger charge is -2.11. The minimum absolute atomic E-state index is 0.0810. The number of hydrogen-bond donors (Lipinski definition) is 2. The first-order valence-corrected chi connectivity index (χ1v) is 7.68. The molecule has 0 atom stereocenters. The summed E-state index contributed by atoms with van der Waals surface area (Å²) in [7, 11) is 0. The Morgan fingerprint density at radius 2 is 1.96 bits per heavy atom. The summed E-state index contributed by atoms with van der Waals surface area (Å²) in [6, 6.07) is 12.4. The molecule has 118 valence electrons. The van der Waals surface area contributed by atoms with Crippen molar-refractivity contribution in [3.63, 3.8) is 0 Å². The van der Waals surface area contributed by atoms with Crippen molar-refractivity contribution in [3.05, 3.63) is 71.9 Å². The van der Waals surface area contributed by atoms with Gasteiger partial charge in [0, 0.05) is 34.7 Å². The van der Waals surface area contributed by atoms with E-state index in [1.54, 1.807) is 24.5 Å². The molecular weight excluding hydrogens is 327 g/mol. The van der Waals surface area contributed by atoms with Crippen molar-refractivity contribution in [1.82, 2.24) is 15.2 Å². The van der Waals surface area contributed by atoms with Crippen LogP contribution in [-0.4, -0.2) is 15.2 Å². The monoisotopic (exact) mass is 338 g/mol. The Bertz CT molecular complexity index is 1010. The van der Waals surface area contributed by atoms with Crippen molar-refractivity contribution in [2.45, 2.75) is 0 Å². The highest BCUT2D eigenvalue weighted by atomic mass is 35.5. The summed E-state index contributed by atoms with van der Waals surface area (Å²) >= 11 is 5.85. The van der Waals surface area contributed by atoms with Gasteiger partial charge in [0.15, 0.2) is 0 Å². The molecule has 0 saturated heterocycles. The lowest BCUT2D eigenvalue weighted by Crippen LogP contribution is -1.93. The summed E-state index contributed by atoms with van der Waals surface area (Å²) in [5.74, 6) is -0.441. The number of fused-ring (bicyclic) bond motifs is 1. The third kappa shape index (κ3) is 2.70. The van der Waals surface area contributed by atoms with Gasteiger partial charge in [0.25, 0.3) is 0 Å². The van der Waals surface area contributed by atoms with E-state index in [0.717, 1.165) is 27.7 Å². The molecule has 0 aliphatic rings. The van der Waals surface area contributed by atoms with Gasteiger partial charge in [-0.3, -0.25) is 10.1 Å². The largest absolute Gasteiger partial charge is 0.355 e. The predicted octanol–water partition coefficient (Wildman–Crippen LogP) is 5.16. The second-order valence-corrected chi connectivity index (χ2v) is 5.74. The average Bonchev–Trinajstić information content (AvgIpc) is 3.13. The van der Waals surface area contributed by atoms with Gasteiger partial charge in [-0.2, -0.15) is 5.10 Å². The van der Waals surface area contributed by atoms with Gasteiger partial charge < -0.3 is 5.32 Å². The highest BCUT2D eigenvalue weighted by Crippen LogP contribution is 2.30. The summed E-state index contributed by atoms with van der Waals surface area (Å²) in [5, 5.41) is 11.1. The molecule has 0 spiro atoms. The molecule has 2 aromatic heterocycles. The van der Waals surface area contributed by atoms with E-state index in [0.29, 0.717) is 5.69 Å². The molecule has 0 aliphatic carbocycles. The Morgan fingerprint density at radius 3 is 2.75 bits per heavy atom. The fraction of sp³-hybridized carbons (Fsp3) is 0. The molecule has 0 radical (unpaired) electrons. The fourth-order valence-corrected chi connectivity index (χ4v) is 2.75. The van der Waals surface area contributed by atoms with Crippen molar-refractivity contribution in [1.29, 1.82) is 0 Å². The predicted molar refractivity (Wildman–Crippen MR) is 94.0 cm³/mol. The third-order valence-electron chi connectivity index (χ3n) is 3.77. The molecule has 0 unspecified atom stereocenters. The number of anilines is 2. The number of rotatable bonds is 3. The Hall–Kier alpha value is -2.92. The lowest BCUT2D eigenvalue weighted by atomic mass is 10.1. The van der Waals surface area contributed by atoms with E-state index in [4.69, 9.17) is 11.6 Å². The first kappa shape index (κ1) is 14.7. The van der Waals surface area contributed by atoms with Crippen LogP contribution in [0.3, 0.4) is 0 Å². The molecular formula is C18H12ClFN4. The number of benzene rings is 2. The summed E-state index contributed by atoms with van der Waals surface area (Å²) in [6.07, 6.45) is 5.34. The normalized spacial score (nSPS) is 10.9. The number of nitrogens with zero attached hydrogens (tertiary/aromatic N) is 2. The summed E-state index contributed by atoms with van der Waals surface area (Å²) in [6.45, 7) is 0. The summed E-state index contributed by atoms with van der Waals surface area (Å²) in [4.78, 5) is 4.39. The lowest BCUT2D eigenvalue weighted by molar-refractivity contribution is 0.628. The van der Waals surface area contributed by atoms with Crippen LogP contribution >= 0.6 is 11.6 Å². The van der Waals surface area contributed by atoms with Gasteiger partial charge in [0.2, 0.25) is 0 Å². The van der Waals surface area contributed by atoms with Gasteiger partial charge in [0.05, 0.1) is 16.7 Å². The zero-order valence-electron chi connectivity index (χ0n) is 12.4. The van der Waals surface area contributed by atoms with E-state index in [9.17, 15) is 4.39 Å².